The first-order chi connectivity index (χ1) is 7.75. The summed E-state index contributed by atoms with van der Waals surface area (Å²) in [7, 11) is 0. The summed E-state index contributed by atoms with van der Waals surface area (Å²) in [4.78, 5) is 0. The molecule has 0 radical (unpaired) electrons. The Hall–Kier alpha value is -0.0400. The smallest absolute Gasteiger partial charge is 0.0653 e. The summed E-state index contributed by atoms with van der Waals surface area (Å²) in [6.07, 6.45) is 14.5. The summed E-state index contributed by atoms with van der Waals surface area (Å²) in [5.74, 6) is 2.72. The standard InChI is InChI=1S/C15H26O/c16-15(10-12-4-1-2-5-12)9-3-6-14(11-15)13-7-8-13/h12-14,16H,1-11H2. The van der Waals surface area contributed by atoms with Crippen LogP contribution >= 0.6 is 0 Å². The maximum Gasteiger partial charge on any atom is 0.0653 e. The van der Waals surface area contributed by atoms with Crippen LogP contribution in [0.25, 0.3) is 0 Å². The lowest BCUT2D eigenvalue weighted by molar-refractivity contribution is -0.0384. The minimum Gasteiger partial charge on any atom is -0.390 e. The molecule has 0 amide bonds. The van der Waals surface area contributed by atoms with Gasteiger partial charge in [0.2, 0.25) is 0 Å². The van der Waals surface area contributed by atoms with E-state index in [0.29, 0.717) is 0 Å². The normalized spacial score (nSPS) is 41.4. The lowest BCUT2D eigenvalue weighted by Gasteiger charge is -2.38. The molecule has 0 saturated heterocycles. The first-order valence-electron chi connectivity index (χ1n) is 7.48. The van der Waals surface area contributed by atoms with Crippen LogP contribution < -0.4 is 0 Å². The summed E-state index contributed by atoms with van der Waals surface area (Å²) in [5.41, 5.74) is -0.263. The third kappa shape index (κ3) is 2.45. The van der Waals surface area contributed by atoms with E-state index in [0.717, 1.165) is 37.0 Å². The van der Waals surface area contributed by atoms with Gasteiger partial charge in [0, 0.05) is 0 Å². The molecule has 0 aromatic carbocycles. The van der Waals surface area contributed by atoms with Crippen LogP contribution in [-0.2, 0) is 0 Å². The zero-order valence-corrected chi connectivity index (χ0v) is 10.5. The Morgan fingerprint density at radius 2 is 1.62 bits per heavy atom. The minimum atomic E-state index is -0.263. The molecule has 92 valence electrons. The van der Waals surface area contributed by atoms with Crippen molar-refractivity contribution in [3.63, 3.8) is 0 Å². The third-order valence-electron chi connectivity index (χ3n) is 5.29. The topological polar surface area (TPSA) is 20.2 Å². The Balaban J connectivity index is 1.57. The fourth-order valence-corrected chi connectivity index (χ4v) is 4.29. The fraction of sp³-hybridized carbons (Fsp3) is 1.00. The predicted molar refractivity (Wildman–Crippen MR) is 66.2 cm³/mol. The van der Waals surface area contributed by atoms with Gasteiger partial charge >= 0.3 is 0 Å². The van der Waals surface area contributed by atoms with Crippen molar-refractivity contribution in [1.82, 2.24) is 0 Å². The molecule has 0 aromatic rings. The Morgan fingerprint density at radius 3 is 2.31 bits per heavy atom. The monoisotopic (exact) mass is 222 g/mol. The molecule has 3 aliphatic carbocycles. The van der Waals surface area contributed by atoms with Crippen LogP contribution in [-0.4, -0.2) is 10.7 Å². The van der Waals surface area contributed by atoms with Gasteiger partial charge in [0.05, 0.1) is 5.60 Å². The van der Waals surface area contributed by atoms with Gasteiger partial charge in [-0.15, -0.1) is 0 Å². The van der Waals surface area contributed by atoms with Gasteiger partial charge in [-0.25, -0.2) is 0 Å². The van der Waals surface area contributed by atoms with Gasteiger partial charge in [-0.2, -0.15) is 0 Å². The summed E-state index contributed by atoms with van der Waals surface area (Å²) in [6, 6.07) is 0. The first-order valence-corrected chi connectivity index (χ1v) is 7.48. The zero-order valence-electron chi connectivity index (χ0n) is 10.5. The highest BCUT2D eigenvalue weighted by Crippen LogP contribution is 2.48. The van der Waals surface area contributed by atoms with Crippen molar-refractivity contribution in [2.45, 2.75) is 76.2 Å². The molecule has 0 aliphatic heterocycles. The highest BCUT2D eigenvalue weighted by Gasteiger charge is 2.41. The number of rotatable bonds is 3. The van der Waals surface area contributed by atoms with Gasteiger partial charge < -0.3 is 5.11 Å². The summed E-state index contributed by atoms with van der Waals surface area (Å²) >= 11 is 0. The second-order valence-electron chi connectivity index (χ2n) is 6.77. The van der Waals surface area contributed by atoms with Crippen LogP contribution in [0.1, 0.15) is 70.6 Å². The van der Waals surface area contributed by atoms with E-state index in [1.54, 1.807) is 0 Å². The average Bonchev–Trinajstić information content (AvgIpc) is 2.99. The molecule has 3 saturated carbocycles. The second-order valence-corrected chi connectivity index (χ2v) is 6.77. The SMILES string of the molecule is OC1(CC2CCCC2)CCCC(C2CC2)C1. The molecule has 1 nitrogen and oxygen atoms in total. The van der Waals surface area contributed by atoms with Crippen molar-refractivity contribution in [3.05, 3.63) is 0 Å². The van der Waals surface area contributed by atoms with Gasteiger partial charge in [-0.05, 0) is 56.3 Å². The maximum atomic E-state index is 10.8. The predicted octanol–water partition coefficient (Wildman–Crippen LogP) is 3.90. The first kappa shape index (κ1) is 11.1. The van der Waals surface area contributed by atoms with E-state index >= 15 is 0 Å². The summed E-state index contributed by atoms with van der Waals surface area (Å²) < 4.78 is 0. The van der Waals surface area contributed by atoms with Gasteiger partial charge in [-0.1, -0.05) is 32.1 Å². The Bertz CT molecular complexity index is 236. The molecule has 3 fully saturated rings. The van der Waals surface area contributed by atoms with Gasteiger partial charge in [0.15, 0.2) is 0 Å². The number of hydrogen-bond acceptors (Lipinski definition) is 1. The Morgan fingerprint density at radius 1 is 0.875 bits per heavy atom. The molecule has 0 aromatic heterocycles. The largest absolute Gasteiger partial charge is 0.390 e. The highest BCUT2D eigenvalue weighted by atomic mass is 16.3. The van der Waals surface area contributed by atoms with Gasteiger partial charge in [0.1, 0.15) is 0 Å². The van der Waals surface area contributed by atoms with E-state index < -0.39 is 0 Å². The molecule has 0 heterocycles. The molecule has 0 spiro atoms. The summed E-state index contributed by atoms with van der Waals surface area (Å²) in [6.45, 7) is 0. The van der Waals surface area contributed by atoms with E-state index in [-0.39, 0.29) is 5.60 Å². The van der Waals surface area contributed by atoms with Crippen LogP contribution in [0.15, 0.2) is 0 Å². The Labute approximate surface area is 99.6 Å². The third-order valence-corrected chi connectivity index (χ3v) is 5.29. The van der Waals surface area contributed by atoms with Crippen molar-refractivity contribution < 1.29 is 5.11 Å². The van der Waals surface area contributed by atoms with Crippen molar-refractivity contribution in [2.24, 2.45) is 17.8 Å². The van der Waals surface area contributed by atoms with E-state index in [1.165, 1.54) is 51.4 Å². The van der Waals surface area contributed by atoms with Crippen molar-refractivity contribution in [3.8, 4) is 0 Å². The molecule has 3 rings (SSSR count). The van der Waals surface area contributed by atoms with Crippen molar-refractivity contribution in [2.75, 3.05) is 0 Å². The lowest BCUT2D eigenvalue weighted by Crippen LogP contribution is -2.37. The maximum absolute atomic E-state index is 10.8. The molecule has 0 bridgehead atoms. The molecule has 16 heavy (non-hydrogen) atoms. The van der Waals surface area contributed by atoms with Crippen molar-refractivity contribution in [1.29, 1.82) is 0 Å². The molecular formula is C15H26O. The van der Waals surface area contributed by atoms with Crippen LogP contribution in [0.4, 0.5) is 0 Å². The molecule has 1 N–H and O–H groups in total. The molecule has 1 heteroatoms. The van der Waals surface area contributed by atoms with Crippen LogP contribution in [0.5, 0.6) is 0 Å². The van der Waals surface area contributed by atoms with Gasteiger partial charge in [0.25, 0.3) is 0 Å². The van der Waals surface area contributed by atoms with Crippen LogP contribution in [0, 0.1) is 17.8 Å². The quantitative estimate of drug-likeness (QED) is 0.768. The van der Waals surface area contributed by atoms with Gasteiger partial charge in [-0.3, -0.25) is 0 Å². The second kappa shape index (κ2) is 4.33. The van der Waals surface area contributed by atoms with E-state index in [4.69, 9.17) is 0 Å². The van der Waals surface area contributed by atoms with E-state index in [2.05, 4.69) is 0 Å². The number of aliphatic hydroxyl groups is 1. The minimum absolute atomic E-state index is 0.263. The summed E-state index contributed by atoms with van der Waals surface area (Å²) in [5, 5.41) is 10.8. The highest BCUT2D eigenvalue weighted by molar-refractivity contribution is 4.94. The van der Waals surface area contributed by atoms with E-state index in [9.17, 15) is 5.11 Å². The fourth-order valence-electron chi connectivity index (χ4n) is 4.29. The molecule has 2 atom stereocenters. The van der Waals surface area contributed by atoms with Crippen LogP contribution in [0.2, 0.25) is 0 Å². The number of hydrogen-bond donors (Lipinski definition) is 1. The average molecular weight is 222 g/mol. The molecular weight excluding hydrogens is 196 g/mol. The lowest BCUT2D eigenvalue weighted by atomic mass is 9.72. The van der Waals surface area contributed by atoms with E-state index in [1.807, 2.05) is 0 Å². The molecule has 2 unspecified atom stereocenters. The van der Waals surface area contributed by atoms with Crippen molar-refractivity contribution >= 4 is 0 Å². The molecule has 3 aliphatic rings. The Kier molecular flexibility index (Phi) is 2.99. The zero-order chi connectivity index (χ0) is 11.0. The van der Waals surface area contributed by atoms with Crippen LogP contribution in [0.3, 0.4) is 0 Å².